The van der Waals surface area contributed by atoms with E-state index in [4.69, 9.17) is 11.5 Å². The molecule has 1 aliphatic carbocycles. The van der Waals surface area contributed by atoms with Crippen molar-refractivity contribution in [2.75, 3.05) is 13.1 Å². The van der Waals surface area contributed by atoms with Gasteiger partial charge in [-0.2, -0.15) is 0 Å². The Balaban J connectivity index is 1.31. The van der Waals surface area contributed by atoms with Gasteiger partial charge in [0.25, 0.3) is 17.4 Å². The lowest BCUT2D eigenvalue weighted by Gasteiger charge is -2.41. The maximum atomic E-state index is 13.5. The predicted molar refractivity (Wildman–Crippen MR) is 133 cm³/mol. The van der Waals surface area contributed by atoms with Crippen LogP contribution in [0.1, 0.15) is 53.6 Å². The standard InChI is InChI=1S/C25H32N8O5/c26-22-30-20-16(11-32-18(34)9-10-19(32)35)28-23(27)33-12-17(25(37,38)24(20,33)31-22)29-21(36)15-8-4-6-13-5-2-1-3-7-14(13)15/h4,6,8,16-17,20,37-38H,1-3,5,7,9-12H2,(H6,26,27,28,29,30,31,36)/p+2/t16-,17?,20-,24?/m0/s1. The number of nitrogens with one attached hydrogen (secondary N) is 4. The molecule has 0 aromatic heterocycles. The molecule has 10 N–H and O–H groups in total. The van der Waals surface area contributed by atoms with Crippen LogP contribution in [0, 0.1) is 0 Å². The molecule has 13 nitrogen and oxygen atoms in total. The largest absolute Gasteiger partial charge is 0.358 e. The number of guanidine groups is 2. The van der Waals surface area contributed by atoms with Crippen molar-refractivity contribution in [3.63, 3.8) is 0 Å². The number of nitrogens with zero attached hydrogens (tertiary/aromatic N) is 2. The van der Waals surface area contributed by atoms with Crippen molar-refractivity contribution in [1.29, 1.82) is 0 Å². The number of hydrogen-bond donors (Lipinski definition) is 8. The van der Waals surface area contributed by atoms with Crippen molar-refractivity contribution in [2.45, 2.75) is 74.5 Å². The number of imide groups is 1. The van der Waals surface area contributed by atoms with Crippen LogP contribution >= 0.6 is 0 Å². The second-order valence-electron chi connectivity index (χ2n) is 10.8. The van der Waals surface area contributed by atoms with Crippen molar-refractivity contribution >= 4 is 29.6 Å². The zero-order chi connectivity index (χ0) is 26.8. The first-order valence-corrected chi connectivity index (χ1v) is 13.2. The van der Waals surface area contributed by atoms with Gasteiger partial charge in [-0.1, -0.05) is 18.6 Å². The normalized spacial score (nSPS) is 31.6. The third kappa shape index (κ3) is 3.48. The van der Waals surface area contributed by atoms with Crippen LogP contribution in [0.25, 0.3) is 0 Å². The number of amides is 3. The molecule has 0 bridgehead atoms. The molecule has 4 aliphatic heterocycles. The Labute approximate surface area is 218 Å². The van der Waals surface area contributed by atoms with E-state index >= 15 is 0 Å². The number of carbonyl (C=O) groups is 3. The summed E-state index contributed by atoms with van der Waals surface area (Å²) in [4.78, 5) is 42.3. The summed E-state index contributed by atoms with van der Waals surface area (Å²) in [6, 6.07) is 3.01. The molecule has 2 saturated heterocycles. The fourth-order valence-corrected chi connectivity index (χ4v) is 6.82. The zero-order valence-corrected chi connectivity index (χ0v) is 21.0. The number of fused-ring (bicyclic) bond motifs is 1. The molecule has 38 heavy (non-hydrogen) atoms. The molecular weight excluding hydrogens is 492 g/mol. The zero-order valence-electron chi connectivity index (χ0n) is 21.0. The number of aryl methyl sites for hydroxylation is 1. The Morgan fingerprint density at radius 3 is 2.63 bits per heavy atom. The Kier molecular flexibility index (Phi) is 5.61. The molecule has 0 saturated carbocycles. The Morgan fingerprint density at radius 2 is 1.87 bits per heavy atom. The van der Waals surface area contributed by atoms with E-state index in [9.17, 15) is 24.6 Å². The number of benzene rings is 1. The van der Waals surface area contributed by atoms with Gasteiger partial charge in [0.1, 0.15) is 12.1 Å². The molecule has 6 rings (SSSR count). The summed E-state index contributed by atoms with van der Waals surface area (Å²) in [5.41, 5.74) is 13.5. The highest BCUT2D eigenvalue weighted by molar-refractivity contribution is 6.02. The van der Waals surface area contributed by atoms with Crippen molar-refractivity contribution in [1.82, 2.24) is 20.9 Å². The monoisotopic (exact) mass is 526 g/mol. The smallest absolute Gasteiger partial charge is 0.347 e. The van der Waals surface area contributed by atoms with Gasteiger partial charge in [0.15, 0.2) is 6.04 Å². The summed E-state index contributed by atoms with van der Waals surface area (Å²) < 4.78 is 1.53. The average molecular weight is 527 g/mol. The molecule has 2 fully saturated rings. The topological polar surface area (TPSA) is 200 Å². The van der Waals surface area contributed by atoms with Crippen molar-refractivity contribution in [3.05, 3.63) is 34.9 Å². The van der Waals surface area contributed by atoms with Crippen molar-refractivity contribution in [3.8, 4) is 0 Å². The van der Waals surface area contributed by atoms with Gasteiger partial charge in [-0.3, -0.25) is 41.1 Å². The quantitative estimate of drug-likeness (QED) is 0.0821. The highest BCUT2D eigenvalue weighted by atomic mass is 16.5. The van der Waals surface area contributed by atoms with Crippen LogP contribution in [0.2, 0.25) is 0 Å². The summed E-state index contributed by atoms with van der Waals surface area (Å²) in [5.74, 6) is -3.36. The summed E-state index contributed by atoms with van der Waals surface area (Å²) >= 11 is 0. The minimum Gasteiger partial charge on any atom is -0.358 e. The molecular formula is C25H34N8O5+2. The van der Waals surface area contributed by atoms with E-state index in [1.165, 1.54) is 4.58 Å². The molecule has 13 heteroatoms. The fourth-order valence-electron chi connectivity index (χ4n) is 6.82. The third-order valence-corrected chi connectivity index (χ3v) is 8.68. The molecule has 3 amide bonds. The predicted octanol–water partition coefficient (Wildman–Crippen LogP) is -4.74. The Morgan fingerprint density at radius 1 is 1.13 bits per heavy atom. The van der Waals surface area contributed by atoms with E-state index in [-0.39, 0.29) is 49.7 Å². The van der Waals surface area contributed by atoms with Crippen LogP contribution in [0.4, 0.5) is 0 Å². The summed E-state index contributed by atoms with van der Waals surface area (Å²) in [5, 5.41) is 32.3. The molecule has 1 aromatic carbocycles. The van der Waals surface area contributed by atoms with Crippen LogP contribution in [0.15, 0.2) is 18.2 Å². The van der Waals surface area contributed by atoms with Gasteiger partial charge >= 0.3 is 11.9 Å². The summed E-state index contributed by atoms with van der Waals surface area (Å²) in [7, 11) is 0. The van der Waals surface area contributed by atoms with Gasteiger partial charge in [0, 0.05) is 18.4 Å². The second kappa shape index (κ2) is 8.67. The maximum absolute atomic E-state index is 13.5. The minimum absolute atomic E-state index is 0.0284. The second-order valence-corrected chi connectivity index (χ2v) is 10.8. The Hall–Kier alpha value is -3.71. The van der Waals surface area contributed by atoms with Gasteiger partial charge in [0.2, 0.25) is 11.8 Å². The molecule has 4 heterocycles. The van der Waals surface area contributed by atoms with Crippen LogP contribution < -0.4 is 32.4 Å². The first-order chi connectivity index (χ1) is 18.1. The van der Waals surface area contributed by atoms with Gasteiger partial charge in [-0.25, -0.2) is 9.89 Å². The van der Waals surface area contributed by atoms with E-state index in [1.54, 1.807) is 6.07 Å². The van der Waals surface area contributed by atoms with Crippen LogP contribution in [-0.4, -0.2) is 92.0 Å². The lowest BCUT2D eigenvalue weighted by atomic mass is 9.85. The lowest BCUT2D eigenvalue weighted by Crippen LogP contribution is -2.92. The minimum atomic E-state index is -2.54. The Bertz CT molecular complexity index is 1280. The fraction of sp³-hybridized carbons (Fsp3) is 0.560. The number of hydrogen-bond acceptors (Lipinski definition) is 9. The maximum Gasteiger partial charge on any atom is 0.347 e. The van der Waals surface area contributed by atoms with Gasteiger partial charge in [0.05, 0.1) is 13.1 Å². The van der Waals surface area contributed by atoms with E-state index in [2.05, 4.69) is 20.9 Å². The molecule has 2 unspecified atom stereocenters. The third-order valence-electron chi connectivity index (χ3n) is 8.68. The van der Waals surface area contributed by atoms with E-state index < -0.39 is 35.5 Å². The first kappa shape index (κ1) is 24.6. The van der Waals surface area contributed by atoms with Crippen molar-refractivity contribution < 1.29 is 34.2 Å². The molecule has 0 radical (unpaired) electrons. The van der Waals surface area contributed by atoms with Crippen molar-refractivity contribution in [2.24, 2.45) is 11.5 Å². The number of aliphatic hydroxyl groups is 2. The molecule has 4 atom stereocenters. The number of carbonyl (C=O) groups excluding carboxylic acids is 3. The number of likely N-dealkylation sites (tertiary alicyclic amines) is 1. The van der Waals surface area contributed by atoms with Crippen LogP contribution in [0.5, 0.6) is 0 Å². The van der Waals surface area contributed by atoms with E-state index in [0.29, 0.717) is 5.56 Å². The first-order valence-electron chi connectivity index (χ1n) is 13.2. The molecule has 202 valence electrons. The molecule has 1 spiro atoms. The van der Waals surface area contributed by atoms with E-state index in [1.807, 2.05) is 12.1 Å². The lowest BCUT2D eigenvalue weighted by molar-refractivity contribution is -0.674. The number of nitrogens with two attached hydrogens (primary N) is 2. The van der Waals surface area contributed by atoms with Gasteiger partial charge < -0.3 is 15.5 Å². The summed E-state index contributed by atoms with van der Waals surface area (Å²) in [6.45, 7) is -0.0663. The van der Waals surface area contributed by atoms with E-state index in [0.717, 1.165) is 48.1 Å². The van der Waals surface area contributed by atoms with Crippen LogP contribution in [0.3, 0.4) is 0 Å². The molecule has 5 aliphatic rings. The van der Waals surface area contributed by atoms with Gasteiger partial charge in [-0.15, -0.1) is 0 Å². The van der Waals surface area contributed by atoms with Crippen LogP contribution in [-0.2, 0) is 22.4 Å². The highest BCUT2D eigenvalue weighted by Gasteiger charge is 2.78. The summed E-state index contributed by atoms with van der Waals surface area (Å²) in [6.07, 6.45) is 5.14. The SMILES string of the molecule is NC1=[NH+][C@H]2[C@H](CN3C(=O)CCC3=O)NC(N)=[N+]3CC(NC(=O)c4cccc5c4CCCCC5)C(O)(O)C23N1. The average Bonchev–Trinajstić information content (AvgIpc) is 3.37. The highest BCUT2D eigenvalue weighted by Crippen LogP contribution is 2.38. The van der Waals surface area contributed by atoms with Gasteiger partial charge in [-0.05, 0) is 42.9 Å². The molecule has 1 aromatic rings. The number of rotatable bonds is 4.